The maximum Gasteiger partial charge on any atom is 0.123 e. The molecule has 0 aliphatic heterocycles. The van der Waals surface area contributed by atoms with E-state index in [1.165, 1.54) is 12.1 Å². The molecule has 0 aliphatic carbocycles. The van der Waals surface area contributed by atoms with Crippen LogP contribution in [0.15, 0.2) is 51.4 Å². The fraction of sp³-hybridized carbons (Fsp3) is 0.143. The summed E-state index contributed by atoms with van der Waals surface area (Å²) >= 11 is 6.82. The van der Waals surface area contributed by atoms with Crippen LogP contribution < -0.4 is 5.32 Å². The van der Waals surface area contributed by atoms with Crippen LogP contribution in [0.3, 0.4) is 0 Å². The van der Waals surface area contributed by atoms with Gasteiger partial charge in [0.25, 0.3) is 0 Å². The second kappa shape index (κ2) is 6.50. The minimum atomic E-state index is -0.688. The molecule has 0 aliphatic rings. The first-order valence-electron chi connectivity index (χ1n) is 5.69. The molecule has 0 aromatic heterocycles. The quantitative estimate of drug-likeness (QED) is 0.808. The molecular weight excluding hydrogens is 377 g/mol. The topological polar surface area (TPSA) is 32.3 Å². The molecule has 19 heavy (non-hydrogen) atoms. The summed E-state index contributed by atoms with van der Waals surface area (Å²) in [5, 5.41) is 13.2. The largest absolute Gasteiger partial charge is 0.387 e. The minimum Gasteiger partial charge on any atom is -0.387 e. The van der Waals surface area contributed by atoms with Crippen LogP contribution in [0.25, 0.3) is 0 Å². The zero-order valence-corrected chi connectivity index (χ0v) is 13.1. The summed E-state index contributed by atoms with van der Waals surface area (Å²) < 4.78 is 14.7. The first-order chi connectivity index (χ1) is 9.06. The van der Waals surface area contributed by atoms with Crippen LogP contribution in [0.5, 0.6) is 0 Å². The van der Waals surface area contributed by atoms with Gasteiger partial charge in [-0.25, -0.2) is 4.39 Å². The molecule has 0 amide bonds. The Balaban J connectivity index is 2.02. The van der Waals surface area contributed by atoms with Crippen LogP contribution in [0.1, 0.15) is 11.7 Å². The number of hydrogen-bond acceptors (Lipinski definition) is 2. The molecule has 2 rings (SSSR count). The van der Waals surface area contributed by atoms with Crippen molar-refractivity contribution in [2.75, 3.05) is 11.9 Å². The molecule has 5 heteroatoms. The molecule has 0 saturated carbocycles. The number of aliphatic hydroxyl groups excluding tert-OH is 1. The Hall–Kier alpha value is -0.910. The minimum absolute atomic E-state index is 0.307. The molecule has 0 saturated heterocycles. The summed E-state index contributed by atoms with van der Waals surface area (Å²) in [5.41, 5.74) is 1.57. The van der Waals surface area contributed by atoms with Crippen molar-refractivity contribution in [1.82, 2.24) is 0 Å². The standard InChI is InChI=1S/C14H12Br2FNO/c15-10-3-6-12(16)13(7-10)18-8-14(19)9-1-4-11(17)5-2-9/h1-7,14,18-19H,8H2. The molecule has 2 aromatic carbocycles. The van der Waals surface area contributed by atoms with E-state index in [1.54, 1.807) is 12.1 Å². The van der Waals surface area contributed by atoms with Crippen LogP contribution in [0, 0.1) is 5.82 Å². The molecule has 1 atom stereocenters. The normalized spacial score (nSPS) is 12.2. The molecule has 2 aromatic rings. The molecule has 100 valence electrons. The lowest BCUT2D eigenvalue weighted by Gasteiger charge is -2.14. The van der Waals surface area contributed by atoms with Crippen molar-refractivity contribution in [2.45, 2.75) is 6.10 Å². The van der Waals surface area contributed by atoms with Crippen molar-refractivity contribution in [3.63, 3.8) is 0 Å². The maximum absolute atomic E-state index is 12.8. The van der Waals surface area contributed by atoms with Crippen LogP contribution in [-0.4, -0.2) is 11.7 Å². The van der Waals surface area contributed by atoms with E-state index in [9.17, 15) is 9.50 Å². The third-order valence-corrected chi connectivity index (χ3v) is 3.85. The molecule has 2 nitrogen and oxygen atoms in total. The van der Waals surface area contributed by atoms with Gasteiger partial charge in [0.05, 0.1) is 6.10 Å². The molecule has 2 N–H and O–H groups in total. The smallest absolute Gasteiger partial charge is 0.123 e. The summed E-state index contributed by atoms with van der Waals surface area (Å²) in [6.45, 7) is 0.348. The van der Waals surface area contributed by atoms with Gasteiger partial charge in [0.1, 0.15) is 5.82 Å². The van der Waals surface area contributed by atoms with E-state index < -0.39 is 6.10 Å². The number of benzene rings is 2. The van der Waals surface area contributed by atoms with Gasteiger partial charge >= 0.3 is 0 Å². The Morgan fingerprint density at radius 1 is 1.11 bits per heavy atom. The zero-order chi connectivity index (χ0) is 13.8. The van der Waals surface area contributed by atoms with E-state index in [1.807, 2.05) is 18.2 Å². The third kappa shape index (κ3) is 4.03. The van der Waals surface area contributed by atoms with Crippen molar-refractivity contribution >= 4 is 37.5 Å². The molecule has 0 fully saturated rings. The second-order valence-electron chi connectivity index (χ2n) is 4.07. The number of anilines is 1. The Labute approximate surface area is 127 Å². The van der Waals surface area contributed by atoms with Gasteiger partial charge in [0.15, 0.2) is 0 Å². The predicted octanol–water partition coefficient (Wildman–Crippen LogP) is 4.50. The molecule has 0 bridgehead atoms. The van der Waals surface area contributed by atoms with Crippen molar-refractivity contribution in [3.8, 4) is 0 Å². The van der Waals surface area contributed by atoms with E-state index in [0.29, 0.717) is 12.1 Å². The number of halogens is 3. The van der Waals surface area contributed by atoms with Gasteiger partial charge in [0, 0.05) is 21.2 Å². The average Bonchev–Trinajstić information content (AvgIpc) is 2.40. The maximum atomic E-state index is 12.8. The van der Waals surface area contributed by atoms with Gasteiger partial charge in [-0.05, 0) is 51.8 Å². The summed E-state index contributed by atoms with van der Waals surface area (Å²) in [5.74, 6) is -0.307. The van der Waals surface area contributed by atoms with Crippen molar-refractivity contribution < 1.29 is 9.50 Å². The van der Waals surface area contributed by atoms with E-state index in [-0.39, 0.29) is 5.82 Å². The highest BCUT2D eigenvalue weighted by Gasteiger charge is 2.08. The molecule has 1 unspecified atom stereocenters. The van der Waals surface area contributed by atoms with Crippen molar-refractivity contribution in [2.24, 2.45) is 0 Å². The van der Waals surface area contributed by atoms with Crippen LogP contribution in [0.2, 0.25) is 0 Å². The van der Waals surface area contributed by atoms with Gasteiger partial charge in [-0.15, -0.1) is 0 Å². The summed E-state index contributed by atoms with van der Waals surface area (Å²) in [4.78, 5) is 0. The predicted molar refractivity (Wildman–Crippen MR) is 81.7 cm³/mol. The lowest BCUT2D eigenvalue weighted by molar-refractivity contribution is 0.191. The first kappa shape index (κ1) is 14.5. The first-order valence-corrected chi connectivity index (χ1v) is 7.27. The number of hydrogen-bond donors (Lipinski definition) is 2. The molecule has 0 radical (unpaired) electrons. The van der Waals surface area contributed by atoms with Crippen LogP contribution in [0.4, 0.5) is 10.1 Å². The lowest BCUT2D eigenvalue weighted by atomic mass is 10.1. The van der Waals surface area contributed by atoms with Crippen LogP contribution in [-0.2, 0) is 0 Å². The summed E-state index contributed by atoms with van der Waals surface area (Å²) in [6.07, 6.45) is -0.688. The highest BCUT2D eigenvalue weighted by atomic mass is 79.9. The number of aliphatic hydroxyl groups is 1. The SMILES string of the molecule is OC(CNc1cc(Br)ccc1Br)c1ccc(F)cc1. The fourth-order valence-corrected chi connectivity index (χ4v) is 2.39. The Morgan fingerprint density at radius 3 is 2.47 bits per heavy atom. The second-order valence-corrected chi connectivity index (χ2v) is 5.84. The number of nitrogens with one attached hydrogen (secondary N) is 1. The zero-order valence-electron chi connectivity index (χ0n) is 9.91. The van der Waals surface area contributed by atoms with E-state index in [0.717, 1.165) is 14.6 Å². The van der Waals surface area contributed by atoms with E-state index in [2.05, 4.69) is 37.2 Å². The molecule has 0 heterocycles. The van der Waals surface area contributed by atoms with Gasteiger partial charge < -0.3 is 10.4 Å². The Morgan fingerprint density at radius 2 is 1.79 bits per heavy atom. The van der Waals surface area contributed by atoms with Crippen LogP contribution >= 0.6 is 31.9 Å². The highest BCUT2D eigenvalue weighted by Crippen LogP contribution is 2.26. The van der Waals surface area contributed by atoms with Crippen molar-refractivity contribution in [1.29, 1.82) is 0 Å². The Bertz CT molecular complexity index is 560. The molecular formula is C14H12Br2FNO. The monoisotopic (exact) mass is 387 g/mol. The Kier molecular flexibility index (Phi) is 4.96. The summed E-state index contributed by atoms with van der Waals surface area (Å²) in [7, 11) is 0. The fourth-order valence-electron chi connectivity index (χ4n) is 1.64. The van der Waals surface area contributed by atoms with Gasteiger partial charge in [-0.2, -0.15) is 0 Å². The average molecular weight is 389 g/mol. The lowest BCUT2D eigenvalue weighted by Crippen LogP contribution is -2.12. The van der Waals surface area contributed by atoms with E-state index >= 15 is 0 Å². The van der Waals surface area contributed by atoms with Crippen molar-refractivity contribution in [3.05, 3.63) is 62.8 Å². The van der Waals surface area contributed by atoms with E-state index in [4.69, 9.17) is 0 Å². The van der Waals surface area contributed by atoms with Gasteiger partial charge in [0.2, 0.25) is 0 Å². The third-order valence-electron chi connectivity index (χ3n) is 2.67. The molecule has 0 spiro atoms. The summed E-state index contributed by atoms with van der Waals surface area (Å²) in [6, 6.07) is 11.6. The number of rotatable bonds is 4. The van der Waals surface area contributed by atoms with Gasteiger partial charge in [-0.3, -0.25) is 0 Å². The highest BCUT2D eigenvalue weighted by molar-refractivity contribution is 9.11. The van der Waals surface area contributed by atoms with Gasteiger partial charge in [-0.1, -0.05) is 28.1 Å².